The van der Waals surface area contributed by atoms with E-state index in [0.29, 0.717) is 6.42 Å². The number of rotatable bonds is 3. The fourth-order valence-corrected chi connectivity index (χ4v) is 3.86. The van der Waals surface area contributed by atoms with E-state index in [1.807, 2.05) is 0 Å². The summed E-state index contributed by atoms with van der Waals surface area (Å²) in [6, 6.07) is 0. The molecule has 1 unspecified atom stereocenters. The van der Waals surface area contributed by atoms with Crippen LogP contribution in [0.5, 0.6) is 0 Å². The molecule has 6 heteroatoms. The Morgan fingerprint density at radius 3 is 2.46 bits per heavy atom. The van der Waals surface area contributed by atoms with Crippen molar-refractivity contribution in [3.8, 4) is 0 Å². The predicted molar refractivity (Wildman–Crippen MR) is 47.0 cm³/mol. The van der Waals surface area contributed by atoms with Crippen molar-refractivity contribution < 1.29 is 18.3 Å². The van der Waals surface area contributed by atoms with Crippen LogP contribution in [0.1, 0.15) is 12.8 Å². The number of sulfone groups is 1. The van der Waals surface area contributed by atoms with Crippen LogP contribution in [-0.4, -0.2) is 37.5 Å². The first-order valence-corrected chi connectivity index (χ1v) is 5.84. The van der Waals surface area contributed by atoms with Crippen LogP contribution >= 0.6 is 0 Å². The van der Waals surface area contributed by atoms with Crippen molar-refractivity contribution in [2.75, 3.05) is 18.1 Å². The summed E-state index contributed by atoms with van der Waals surface area (Å²) < 4.78 is 22.3. The van der Waals surface area contributed by atoms with Gasteiger partial charge in [0.05, 0.1) is 17.9 Å². The molecule has 1 heterocycles. The van der Waals surface area contributed by atoms with Crippen molar-refractivity contribution in [2.45, 2.75) is 12.8 Å². The SMILES string of the molecule is NCC1(CC(=O)O)CCS(=O)(=O)C1. The highest BCUT2D eigenvalue weighted by Crippen LogP contribution is 2.34. The van der Waals surface area contributed by atoms with E-state index in [1.54, 1.807) is 0 Å². The molecular weight excluding hydrogens is 194 g/mol. The minimum absolute atomic E-state index is 0.0669. The topological polar surface area (TPSA) is 97.5 Å². The molecule has 76 valence electrons. The molecule has 0 radical (unpaired) electrons. The molecule has 0 aromatic rings. The normalized spacial score (nSPS) is 31.8. The lowest BCUT2D eigenvalue weighted by Gasteiger charge is -2.22. The Morgan fingerprint density at radius 2 is 2.15 bits per heavy atom. The van der Waals surface area contributed by atoms with E-state index in [4.69, 9.17) is 10.8 Å². The van der Waals surface area contributed by atoms with E-state index in [9.17, 15) is 13.2 Å². The smallest absolute Gasteiger partial charge is 0.303 e. The maximum atomic E-state index is 11.1. The molecule has 13 heavy (non-hydrogen) atoms. The van der Waals surface area contributed by atoms with Crippen LogP contribution < -0.4 is 5.73 Å². The average Bonchev–Trinajstić information content (AvgIpc) is 2.26. The number of carbonyl (C=O) groups is 1. The van der Waals surface area contributed by atoms with Crippen LogP contribution in [0.25, 0.3) is 0 Å². The Balaban J connectivity index is 2.80. The lowest BCUT2D eigenvalue weighted by atomic mass is 9.84. The number of hydrogen-bond donors (Lipinski definition) is 2. The second kappa shape index (κ2) is 3.26. The minimum Gasteiger partial charge on any atom is -0.481 e. The molecule has 1 aliphatic rings. The van der Waals surface area contributed by atoms with Gasteiger partial charge in [0.1, 0.15) is 0 Å². The van der Waals surface area contributed by atoms with Crippen LogP contribution in [0.3, 0.4) is 0 Å². The molecular formula is C7H13NO4S. The van der Waals surface area contributed by atoms with Crippen LogP contribution in [0, 0.1) is 5.41 Å². The highest BCUT2D eigenvalue weighted by molar-refractivity contribution is 7.91. The van der Waals surface area contributed by atoms with Gasteiger partial charge in [-0.2, -0.15) is 0 Å². The molecule has 5 nitrogen and oxygen atoms in total. The third-order valence-corrected chi connectivity index (χ3v) is 4.31. The first kappa shape index (κ1) is 10.5. The molecule has 3 N–H and O–H groups in total. The van der Waals surface area contributed by atoms with Crippen molar-refractivity contribution in [1.82, 2.24) is 0 Å². The minimum atomic E-state index is -3.05. The standard InChI is InChI=1S/C7H13NO4S/c8-4-7(3-6(9)10)1-2-13(11,12)5-7/h1-5,8H2,(H,9,10). The number of nitrogens with two attached hydrogens (primary N) is 1. The van der Waals surface area contributed by atoms with Crippen LogP contribution in [0.2, 0.25) is 0 Å². The van der Waals surface area contributed by atoms with Gasteiger partial charge in [0.2, 0.25) is 0 Å². The van der Waals surface area contributed by atoms with Gasteiger partial charge < -0.3 is 10.8 Å². The zero-order chi connectivity index (χ0) is 10.1. The Labute approximate surface area is 76.8 Å². The lowest BCUT2D eigenvalue weighted by Crippen LogP contribution is -2.34. The third kappa shape index (κ3) is 2.41. The Hall–Kier alpha value is -0.620. The van der Waals surface area contributed by atoms with E-state index >= 15 is 0 Å². The van der Waals surface area contributed by atoms with Gasteiger partial charge in [-0.05, 0) is 13.0 Å². The van der Waals surface area contributed by atoms with E-state index in [0.717, 1.165) is 0 Å². The number of hydrogen-bond acceptors (Lipinski definition) is 4. The Bertz CT molecular complexity index is 310. The van der Waals surface area contributed by atoms with Crippen LogP contribution in [0.4, 0.5) is 0 Å². The molecule has 0 aromatic heterocycles. The summed E-state index contributed by atoms with van der Waals surface area (Å²) in [4.78, 5) is 10.5. The van der Waals surface area contributed by atoms with Gasteiger partial charge in [-0.3, -0.25) is 4.79 Å². The summed E-state index contributed by atoms with van der Waals surface area (Å²) in [6.07, 6.45) is 0.223. The Kier molecular flexibility index (Phi) is 2.63. The fraction of sp³-hybridized carbons (Fsp3) is 0.857. The van der Waals surface area contributed by atoms with Crippen molar-refractivity contribution in [3.05, 3.63) is 0 Å². The summed E-state index contributed by atoms with van der Waals surface area (Å²) in [5.74, 6) is -0.997. The van der Waals surface area contributed by atoms with Gasteiger partial charge in [-0.15, -0.1) is 0 Å². The molecule has 1 saturated heterocycles. The maximum Gasteiger partial charge on any atom is 0.303 e. The van der Waals surface area contributed by atoms with Crippen molar-refractivity contribution >= 4 is 15.8 Å². The van der Waals surface area contributed by atoms with E-state index in [1.165, 1.54) is 0 Å². The number of carboxylic acids is 1. The summed E-state index contributed by atoms with van der Waals surface area (Å²) in [7, 11) is -3.05. The molecule has 0 amide bonds. The largest absolute Gasteiger partial charge is 0.481 e. The third-order valence-electron chi connectivity index (χ3n) is 2.43. The quantitative estimate of drug-likeness (QED) is 0.633. The Morgan fingerprint density at radius 1 is 1.54 bits per heavy atom. The summed E-state index contributed by atoms with van der Waals surface area (Å²) in [5.41, 5.74) is 4.69. The highest BCUT2D eigenvalue weighted by atomic mass is 32.2. The summed E-state index contributed by atoms with van der Waals surface area (Å²) in [5, 5.41) is 8.59. The van der Waals surface area contributed by atoms with Gasteiger partial charge in [-0.1, -0.05) is 0 Å². The average molecular weight is 207 g/mol. The molecule has 0 saturated carbocycles. The van der Waals surface area contributed by atoms with Gasteiger partial charge in [0.25, 0.3) is 0 Å². The first-order chi connectivity index (χ1) is 5.89. The van der Waals surface area contributed by atoms with Gasteiger partial charge in [0.15, 0.2) is 9.84 Å². The van der Waals surface area contributed by atoms with E-state index in [2.05, 4.69) is 0 Å². The number of carboxylic acid groups (broad SMARTS) is 1. The zero-order valence-corrected chi connectivity index (χ0v) is 8.01. The molecule has 1 rings (SSSR count). The molecule has 1 fully saturated rings. The first-order valence-electron chi connectivity index (χ1n) is 4.01. The van der Waals surface area contributed by atoms with Gasteiger partial charge in [-0.25, -0.2) is 8.42 Å². The summed E-state index contributed by atoms with van der Waals surface area (Å²) >= 11 is 0. The predicted octanol–water partition coefficient (Wildman–Crippen LogP) is -0.775. The monoisotopic (exact) mass is 207 g/mol. The van der Waals surface area contributed by atoms with E-state index < -0.39 is 21.2 Å². The second-order valence-corrected chi connectivity index (χ2v) is 5.80. The van der Waals surface area contributed by atoms with Crippen LogP contribution in [0.15, 0.2) is 0 Å². The van der Waals surface area contributed by atoms with Crippen molar-refractivity contribution in [1.29, 1.82) is 0 Å². The van der Waals surface area contributed by atoms with Crippen LogP contribution in [-0.2, 0) is 14.6 Å². The molecule has 0 aliphatic carbocycles. The maximum absolute atomic E-state index is 11.1. The van der Waals surface area contributed by atoms with E-state index in [-0.39, 0.29) is 24.5 Å². The fourth-order valence-electron chi connectivity index (χ4n) is 1.68. The number of aliphatic carboxylic acids is 1. The molecule has 0 aromatic carbocycles. The van der Waals surface area contributed by atoms with Gasteiger partial charge in [0, 0.05) is 5.41 Å². The second-order valence-electron chi connectivity index (χ2n) is 3.62. The highest BCUT2D eigenvalue weighted by Gasteiger charge is 2.42. The van der Waals surface area contributed by atoms with Crippen molar-refractivity contribution in [3.63, 3.8) is 0 Å². The zero-order valence-electron chi connectivity index (χ0n) is 7.19. The summed E-state index contributed by atoms with van der Waals surface area (Å²) in [6.45, 7) is 0.124. The van der Waals surface area contributed by atoms with Gasteiger partial charge >= 0.3 is 5.97 Å². The molecule has 1 aliphatic heterocycles. The lowest BCUT2D eigenvalue weighted by molar-refractivity contribution is -0.139. The molecule has 0 bridgehead atoms. The van der Waals surface area contributed by atoms with Crippen molar-refractivity contribution in [2.24, 2.45) is 11.1 Å². The molecule has 1 atom stereocenters. The molecule has 0 spiro atoms.